The van der Waals surface area contributed by atoms with E-state index < -0.39 is 4.92 Å². The first-order valence-corrected chi connectivity index (χ1v) is 3.45. The van der Waals surface area contributed by atoms with Crippen LogP contribution in [0.25, 0.3) is 11.1 Å². The van der Waals surface area contributed by atoms with Crippen LogP contribution in [-0.4, -0.2) is 9.91 Å². The van der Waals surface area contributed by atoms with E-state index in [1.807, 2.05) is 0 Å². The quantitative estimate of drug-likeness (QED) is 0.404. The zero-order valence-electron chi connectivity index (χ0n) is 6.43. The summed E-state index contributed by atoms with van der Waals surface area (Å²) < 4.78 is 4.92. The minimum Gasteiger partial charge on any atom is -0.441 e. The van der Waals surface area contributed by atoms with Crippen LogP contribution < -0.4 is 5.73 Å². The zero-order valence-corrected chi connectivity index (χ0v) is 6.43. The number of hydrogen-bond acceptors (Lipinski definition) is 5. The molecule has 0 aliphatic carbocycles. The molecular weight excluding hydrogens is 174 g/mol. The van der Waals surface area contributed by atoms with Crippen molar-refractivity contribution in [3.63, 3.8) is 0 Å². The van der Waals surface area contributed by atoms with E-state index in [1.165, 1.54) is 18.5 Å². The Kier molecular flexibility index (Phi) is 1.42. The van der Waals surface area contributed by atoms with Crippen molar-refractivity contribution in [2.75, 3.05) is 5.73 Å². The monoisotopic (exact) mass is 179 g/mol. The van der Waals surface area contributed by atoms with E-state index in [-0.39, 0.29) is 11.4 Å². The molecule has 0 radical (unpaired) electrons. The zero-order chi connectivity index (χ0) is 9.42. The van der Waals surface area contributed by atoms with Crippen LogP contribution in [0.1, 0.15) is 0 Å². The minimum absolute atomic E-state index is 0.0844. The van der Waals surface area contributed by atoms with Gasteiger partial charge in [-0.2, -0.15) is 0 Å². The summed E-state index contributed by atoms with van der Waals surface area (Å²) in [5, 5.41) is 10.4. The third-order valence-corrected chi connectivity index (χ3v) is 1.66. The van der Waals surface area contributed by atoms with Crippen LogP contribution in [0.2, 0.25) is 0 Å². The topological polar surface area (TPSA) is 95.2 Å². The van der Waals surface area contributed by atoms with Gasteiger partial charge in [0.15, 0.2) is 12.0 Å². The van der Waals surface area contributed by atoms with Crippen LogP contribution in [0.5, 0.6) is 0 Å². The predicted octanol–water partition coefficient (Wildman–Crippen LogP) is 1.32. The molecule has 0 bridgehead atoms. The Morgan fingerprint density at radius 1 is 1.54 bits per heavy atom. The predicted molar refractivity (Wildman–Crippen MR) is 45.1 cm³/mol. The standard InChI is InChI=1S/C7H5N3O3/c8-5-1-4(10(11)12)2-6-7(5)13-3-9-6/h1-3H,8H2. The number of nitrogens with two attached hydrogens (primary N) is 1. The molecule has 0 aliphatic heterocycles. The fourth-order valence-corrected chi connectivity index (χ4v) is 1.09. The van der Waals surface area contributed by atoms with Crippen molar-refractivity contribution >= 4 is 22.5 Å². The number of nitro groups is 1. The van der Waals surface area contributed by atoms with E-state index in [0.717, 1.165) is 0 Å². The van der Waals surface area contributed by atoms with Gasteiger partial charge in [-0.1, -0.05) is 0 Å². The number of nitrogens with zero attached hydrogens (tertiary/aromatic N) is 2. The average Bonchev–Trinajstić information content (AvgIpc) is 2.51. The molecule has 0 fully saturated rings. The molecule has 1 aromatic carbocycles. The van der Waals surface area contributed by atoms with Crippen molar-refractivity contribution < 1.29 is 9.34 Å². The summed E-state index contributed by atoms with van der Waals surface area (Å²) >= 11 is 0. The Morgan fingerprint density at radius 2 is 2.31 bits per heavy atom. The summed E-state index contributed by atoms with van der Waals surface area (Å²) in [4.78, 5) is 13.7. The molecular formula is C7H5N3O3. The summed E-state index contributed by atoms with van der Waals surface area (Å²) in [5.74, 6) is 0. The maximum Gasteiger partial charge on any atom is 0.273 e. The summed E-state index contributed by atoms with van der Waals surface area (Å²) in [6, 6.07) is 2.56. The molecule has 0 aliphatic rings. The minimum atomic E-state index is -0.523. The van der Waals surface area contributed by atoms with E-state index in [1.54, 1.807) is 0 Å². The van der Waals surface area contributed by atoms with E-state index >= 15 is 0 Å². The van der Waals surface area contributed by atoms with E-state index in [2.05, 4.69) is 4.98 Å². The number of non-ortho nitro benzene ring substituents is 1. The SMILES string of the molecule is Nc1cc([N+](=O)[O-])cc2ncoc12. The molecule has 2 rings (SSSR count). The lowest BCUT2D eigenvalue weighted by atomic mass is 10.2. The summed E-state index contributed by atoms with van der Waals surface area (Å²) in [6.45, 7) is 0. The first kappa shape index (κ1) is 7.53. The van der Waals surface area contributed by atoms with Crippen LogP contribution >= 0.6 is 0 Å². The van der Waals surface area contributed by atoms with Gasteiger partial charge in [-0.25, -0.2) is 4.98 Å². The molecule has 0 saturated carbocycles. The molecule has 1 heterocycles. The molecule has 66 valence electrons. The molecule has 13 heavy (non-hydrogen) atoms. The Labute approximate surface area is 72.1 Å². The summed E-state index contributed by atoms with van der Waals surface area (Å²) in [6.07, 6.45) is 1.20. The largest absolute Gasteiger partial charge is 0.441 e. The Hall–Kier alpha value is -2.11. The van der Waals surface area contributed by atoms with Crippen molar-refractivity contribution in [2.45, 2.75) is 0 Å². The number of rotatable bonds is 1. The number of nitro benzene ring substituents is 1. The maximum atomic E-state index is 10.4. The summed E-state index contributed by atoms with van der Waals surface area (Å²) in [5.41, 5.74) is 6.42. The number of fused-ring (bicyclic) bond motifs is 1. The van der Waals surface area contributed by atoms with Gasteiger partial charge < -0.3 is 10.2 Å². The van der Waals surface area contributed by atoms with Gasteiger partial charge in [0.25, 0.3) is 5.69 Å². The molecule has 6 nitrogen and oxygen atoms in total. The van der Waals surface area contributed by atoms with Crippen molar-refractivity contribution in [3.8, 4) is 0 Å². The van der Waals surface area contributed by atoms with Gasteiger partial charge >= 0.3 is 0 Å². The molecule has 1 aromatic heterocycles. The number of aromatic nitrogens is 1. The van der Waals surface area contributed by atoms with Crippen LogP contribution in [0.15, 0.2) is 22.9 Å². The van der Waals surface area contributed by atoms with Crippen LogP contribution in [0, 0.1) is 10.1 Å². The van der Waals surface area contributed by atoms with Gasteiger partial charge in [-0.3, -0.25) is 10.1 Å². The molecule has 6 heteroatoms. The van der Waals surface area contributed by atoms with Crippen molar-refractivity contribution in [1.29, 1.82) is 0 Å². The van der Waals surface area contributed by atoms with E-state index in [0.29, 0.717) is 11.1 Å². The highest BCUT2D eigenvalue weighted by Gasteiger charge is 2.12. The van der Waals surface area contributed by atoms with Crippen LogP contribution in [0.4, 0.5) is 11.4 Å². The highest BCUT2D eigenvalue weighted by molar-refractivity contribution is 5.87. The molecule has 2 N–H and O–H groups in total. The second kappa shape index (κ2) is 2.44. The fraction of sp³-hybridized carbons (Fsp3) is 0. The van der Waals surface area contributed by atoms with Crippen LogP contribution in [-0.2, 0) is 0 Å². The van der Waals surface area contributed by atoms with Gasteiger partial charge in [0, 0.05) is 12.1 Å². The third-order valence-electron chi connectivity index (χ3n) is 1.66. The van der Waals surface area contributed by atoms with Gasteiger partial charge in [-0.15, -0.1) is 0 Å². The second-order valence-electron chi connectivity index (χ2n) is 2.49. The van der Waals surface area contributed by atoms with Gasteiger partial charge in [-0.05, 0) is 0 Å². The van der Waals surface area contributed by atoms with Gasteiger partial charge in [0.1, 0.15) is 5.52 Å². The molecule has 0 saturated heterocycles. The normalized spacial score (nSPS) is 10.5. The van der Waals surface area contributed by atoms with Crippen molar-refractivity contribution in [1.82, 2.24) is 4.98 Å². The average molecular weight is 179 g/mol. The lowest BCUT2D eigenvalue weighted by Gasteiger charge is -1.93. The Balaban J connectivity index is 2.77. The second-order valence-corrected chi connectivity index (χ2v) is 2.49. The number of hydrogen-bond donors (Lipinski definition) is 1. The lowest BCUT2D eigenvalue weighted by Crippen LogP contribution is -1.91. The number of benzene rings is 1. The Morgan fingerprint density at radius 3 is 3.00 bits per heavy atom. The number of oxazole rings is 1. The Bertz CT molecular complexity index is 477. The van der Waals surface area contributed by atoms with Crippen molar-refractivity contribution in [3.05, 3.63) is 28.6 Å². The first-order valence-electron chi connectivity index (χ1n) is 3.45. The van der Waals surface area contributed by atoms with Gasteiger partial charge in [0.2, 0.25) is 0 Å². The smallest absolute Gasteiger partial charge is 0.273 e. The maximum absolute atomic E-state index is 10.4. The highest BCUT2D eigenvalue weighted by atomic mass is 16.6. The third kappa shape index (κ3) is 1.08. The molecule has 2 aromatic rings. The van der Waals surface area contributed by atoms with Crippen LogP contribution in [0.3, 0.4) is 0 Å². The van der Waals surface area contributed by atoms with Gasteiger partial charge in [0.05, 0.1) is 10.6 Å². The van der Waals surface area contributed by atoms with E-state index in [4.69, 9.17) is 10.2 Å². The van der Waals surface area contributed by atoms with Crippen molar-refractivity contribution in [2.24, 2.45) is 0 Å². The molecule has 0 amide bonds. The molecule has 0 spiro atoms. The number of anilines is 1. The fourth-order valence-electron chi connectivity index (χ4n) is 1.09. The van der Waals surface area contributed by atoms with E-state index in [9.17, 15) is 10.1 Å². The number of nitrogen functional groups attached to an aromatic ring is 1. The molecule has 0 atom stereocenters. The summed E-state index contributed by atoms with van der Waals surface area (Å²) in [7, 11) is 0. The first-order chi connectivity index (χ1) is 6.18. The lowest BCUT2D eigenvalue weighted by molar-refractivity contribution is -0.384. The highest BCUT2D eigenvalue weighted by Crippen LogP contribution is 2.25. The molecule has 0 unspecified atom stereocenters.